The Labute approximate surface area is 96.5 Å². The first-order valence-corrected chi connectivity index (χ1v) is 5.53. The second-order valence-corrected chi connectivity index (χ2v) is 3.76. The van der Waals surface area contributed by atoms with Crippen LogP contribution in [0.5, 0.6) is 0 Å². The average Bonchev–Trinajstić information content (AvgIpc) is 2.35. The summed E-state index contributed by atoms with van der Waals surface area (Å²) in [5.41, 5.74) is 1.16. The lowest BCUT2D eigenvalue weighted by atomic mass is 10.0. The molecule has 1 nitrogen and oxygen atoms in total. The Morgan fingerprint density at radius 1 is 1.19 bits per heavy atom. The molecule has 1 atom stereocenters. The van der Waals surface area contributed by atoms with Gasteiger partial charge in [0.05, 0.1) is 6.04 Å². The van der Waals surface area contributed by atoms with Crippen molar-refractivity contribution in [3.63, 3.8) is 0 Å². The highest BCUT2D eigenvalue weighted by molar-refractivity contribution is 5.83. The molecule has 0 amide bonds. The van der Waals surface area contributed by atoms with Gasteiger partial charge in [-0.25, -0.2) is 0 Å². The molecule has 2 aromatic carbocycles. The molecule has 1 unspecified atom stereocenters. The van der Waals surface area contributed by atoms with Gasteiger partial charge in [-0.2, -0.15) is 0 Å². The molecule has 80 valence electrons. The van der Waals surface area contributed by atoms with Gasteiger partial charge in [-0.05, 0) is 28.9 Å². The maximum atomic E-state index is 5.52. The molecule has 0 bridgehead atoms. The molecule has 0 saturated heterocycles. The zero-order valence-corrected chi connectivity index (χ0v) is 9.40. The number of benzene rings is 2. The van der Waals surface area contributed by atoms with E-state index >= 15 is 0 Å². The lowest BCUT2D eigenvalue weighted by molar-refractivity contribution is 0.665. The first-order valence-electron chi connectivity index (χ1n) is 5.53. The van der Waals surface area contributed by atoms with Gasteiger partial charge in [0.15, 0.2) is 0 Å². The Kier molecular flexibility index (Phi) is 3.24. The fraction of sp³-hybridized carbons (Fsp3) is 0.200. The molecule has 0 radical (unpaired) electrons. The summed E-state index contributed by atoms with van der Waals surface area (Å²) in [6, 6.07) is 14.7. The quantitative estimate of drug-likeness (QED) is 0.766. The van der Waals surface area contributed by atoms with Crippen molar-refractivity contribution in [3.05, 3.63) is 48.0 Å². The van der Waals surface area contributed by atoms with Crippen molar-refractivity contribution in [1.29, 1.82) is 0 Å². The molecular formula is C15H15N. The van der Waals surface area contributed by atoms with Crippen LogP contribution in [-0.4, -0.2) is 6.54 Å². The van der Waals surface area contributed by atoms with Gasteiger partial charge >= 0.3 is 0 Å². The van der Waals surface area contributed by atoms with Crippen LogP contribution in [0, 0.1) is 12.3 Å². The Bertz CT molecular complexity index is 522. The van der Waals surface area contributed by atoms with Gasteiger partial charge in [0, 0.05) is 0 Å². The van der Waals surface area contributed by atoms with Crippen molar-refractivity contribution in [1.82, 2.24) is 5.32 Å². The van der Waals surface area contributed by atoms with Crippen molar-refractivity contribution in [3.8, 4) is 12.3 Å². The molecule has 16 heavy (non-hydrogen) atoms. The van der Waals surface area contributed by atoms with Crippen molar-refractivity contribution in [2.45, 2.75) is 13.0 Å². The van der Waals surface area contributed by atoms with Crippen molar-refractivity contribution in [2.75, 3.05) is 6.54 Å². The minimum absolute atomic E-state index is 0.00889. The van der Waals surface area contributed by atoms with Gasteiger partial charge in [-0.15, -0.1) is 6.42 Å². The lowest BCUT2D eigenvalue weighted by Gasteiger charge is -2.12. The summed E-state index contributed by atoms with van der Waals surface area (Å²) in [5, 5.41) is 5.76. The number of hydrogen-bond donors (Lipinski definition) is 1. The maximum absolute atomic E-state index is 5.52. The Morgan fingerprint density at radius 2 is 1.94 bits per heavy atom. The minimum Gasteiger partial charge on any atom is -0.300 e. The van der Waals surface area contributed by atoms with E-state index in [2.05, 4.69) is 48.5 Å². The van der Waals surface area contributed by atoms with E-state index in [0.717, 1.165) is 12.1 Å². The van der Waals surface area contributed by atoms with E-state index in [1.807, 2.05) is 12.1 Å². The number of rotatable bonds is 3. The van der Waals surface area contributed by atoms with Crippen LogP contribution in [0.15, 0.2) is 42.5 Å². The zero-order valence-electron chi connectivity index (χ0n) is 9.40. The topological polar surface area (TPSA) is 12.0 Å². The van der Waals surface area contributed by atoms with Gasteiger partial charge in [0.1, 0.15) is 0 Å². The predicted octanol–water partition coefficient (Wildman–Crippen LogP) is 3.12. The van der Waals surface area contributed by atoms with E-state index in [9.17, 15) is 0 Å². The molecule has 2 rings (SSSR count). The third-order valence-corrected chi connectivity index (χ3v) is 2.68. The fourth-order valence-corrected chi connectivity index (χ4v) is 1.86. The largest absolute Gasteiger partial charge is 0.300 e. The maximum Gasteiger partial charge on any atom is 0.0943 e. The molecule has 0 aromatic heterocycles. The summed E-state index contributed by atoms with van der Waals surface area (Å²) >= 11 is 0. The molecule has 1 heteroatoms. The zero-order chi connectivity index (χ0) is 11.4. The monoisotopic (exact) mass is 209 g/mol. The third-order valence-electron chi connectivity index (χ3n) is 2.68. The summed E-state index contributed by atoms with van der Waals surface area (Å²) in [4.78, 5) is 0. The molecule has 0 aliphatic rings. The molecule has 0 heterocycles. The smallest absolute Gasteiger partial charge is 0.0943 e. The lowest BCUT2D eigenvalue weighted by Crippen LogP contribution is -2.19. The van der Waals surface area contributed by atoms with Gasteiger partial charge < -0.3 is 5.32 Å². The minimum atomic E-state index is 0.00889. The van der Waals surface area contributed by atoms with Crippen LogP contribution in [0.25, 0.3) is 10.8 Å². The highest BCUT2D eigenvalue weighted by Gasteiger charge is 2.06. The summed E-state index contributed by atoms with van der Waals surface area (Å²) in [7, 11) is 0. The molecule has 2 aromatic rings. The average molecular weight is 209 g/mol. The second-order valence-electron chi connectivity index (χ2n) is 3.76. The van der Waals surface area contributed by atoms with Crippen LogP contribution in [0.4, 0.5) is 0 Å². The standard InChI is InChI=1S/C15H15N/c1-3-15(16-4-2)14-10-9-12-7-5-6-8-13(12)11-14/h1,5-11,15-16H,4H2,2H3. The number of fused-ring (bicyclic) bond motifs is 1. The van der Waals surface area contributed by atoms with Crippen LogP contribution in [-0.2, 0) is 0 Å². The number of hydrogen-bond acceptors (Lipinski definition) is 1. The van der Waals surface area contributed by atoms with E-state index in [1.165, 1.54) is 10.8 Å². The first-order chi connectivity index (χ1) is 7.85. The van der Waals surface area contributed by atoms with E-state index in [4.69, 9.17) is 6.42 Å². The summed E-state index contributed by atoms with van der Waals surface area (Å²) in [5.74, 6) is 2.77. The normalized spacial score (nSPS) is 12.2. The molecule has 0 spiro atoms. The highest BCUT2D eigenvalue weighted by Crippen LogP contribution is 2.19. The van der Waals surface area contributed by atoms with Crippen LogP contribution >= 0.6 is 0 Å². The van der Waals surface area contributed by atoms with Crippen molar-refractivity contribution >= 4 is 10.8 Å². The van der Waals surface area contributed by atoms with Gasteiger partial charge in [-0.3, -0.25) is 0 Å². The van der Waals surface area contributed by atoms with Crippen LogP contribution in [0.2, 0.25) is 0 Å². The Morgan fingerprint density at radius 3 is 2.62 bits per heavy atom. The van der Waals surface area contributed by atoms with Gasteiger partial charge in [0.25, 0.3) is 0 Å². The van der Waals surface area contributed by atoms with Crippen LogP contribution < -0.4 is 5.32 Å². The molecule has 0 aliphatic heterocycles. The molecular weight excluding hydrogens is 194 g/mol. The number of nitrogens with one attached hydrogen (secondary N) is 1. The van der Waals surface area contributed by atoms with E-state index in [-0.39, 0.29) is 6.04 Å². The summed E-state index contributed by atoms with van der Waals surface area (Å²) in [6.07, 6.45) is 5.52. The summed E-state index contributed by atoms with van der Waals surface area (Å²) in [6.45, 7) is 2.94. The highest BCUT2D eigenvalue weighted by atomic mass is 14.9. The van der Waals surface area contributed by atoms with Crippen molar-refractivity contribution < 1.29 is 0 Å². The van der Waals surface area contributed by atoms with Gasteiger partial charge in [-0.1, -0.05) is 49.2 Å². The Hall–Kier alpha value is -1.78. The molecule has 0 aliphatic carbocycles. The molecule has 0 fully saturated rings. The van der Waals surface area contributed by atoms with E-state index in [1.54, 1.807) is 0 Å². The molecule has 0 saturated carbocycles. The number of terminal acetylenes is 1. The van der Waals surface area contributed by atoms with Crippen LogP contribution in [0.3, 0.4) is 0 Å². The third kappa shape index (κ3) is 2.08. The summed E-state index contributed by atoms with van der Waals surface area (Å²) < 4.78 is 0. The first kappa shape index (κ1) is 10.7. The predicted molar refractivity (Wildman–Crippen MR) is 69.2 cm³/mol. The van der Waals surface area contributed by atoms with E-state index < -0.39 is 0 Å². The second kappa shape index (κ2) is 4.83. The SMILES string of the molecule is C#CC(NCC)c1ccc2ccccc2c1. The Balaban J connectivity index is 2.42. The molecule has 1 N–H and O–H groups in total. The fourth-order valence-electron chi connectivity index (χ4n) is 1.86. The van der Waals surface area contributed by atoms with Gasteiger partial charge in [0.2, 0.25) is 0 Å². The van der Waals surface area contributed by atoms with E-state index in [0.29, 0.717) is 0 Å². The van der Waals surface area contributed by atoms with Crippen LogP contribution in [0.1, 0.15) is 18.5 Å². The van der Waals surface area contributed by atoms with Crippen molar-refractivity contribution in [2.24, 2.45) is 0 Å².